The second-order valence-electron chi connectivity index (χ2n) is 9.11. The lowest BCUT2D eigenvalue weighted by atomic mass is 9.77. The van der Waals surface area contributed by atoms with Crippen LogP contribution in [0.15, 0.2) is 71.6 Å². The highest BCUT2D eigenvalue weighted by Gasteiger charge is 2.39. The van der Waals surface area contributed by atoms with Crippen LogP contribution in [0.1, 0.15) is 40.6 Å². The van der Waals surface area contributed by atoms with Crippen molar-refractivity contribution in [1.82, 2.24) is 0 Å². The summed E-state index contributed by atoms with van der Waals surface area (Å²) >= 11 is 6.47. The van der Waals surface area contributed by atoms with Crippen LogP contribution in [-0.4, -0.2) is 13.3 Å². The zero-order valence-electron chi connectivity index (χ0n) is 19.2. The minimum absolute atomic E-state index is 0.0153. The van der Waals surface area contributed by atoms with Gasteiger partial charge in [0, 0.05) is 34.3 Å². The Labute approximate surface area is 209 Å². The zero-order valence-corrected chi connectivity index (χ0v) is 20.7. The number of nitrogens with one attached hydrogen (secondary N) is 2. The fraction of sp³-hybridized carbons (Fsp3) is 0.231. The van der Waals surface area contributed by atoms with E-state index in [0.717, 1.165) is 28.8 Å². The van der Waals surface area contributed by atoms with Crippen molar-refractivity contribution in [3.05, 3.63) is 104 Å². The number of hydrogen-bond acceptors (Lipinski definition) is 5. The molecular formula is C26H24ClN3O4S. The minimum Gasteiger partial charge on any atom is -0.378 e. The highest BCUT2D eigenvalue weighted by Crippen LogP contribution is 2.51. The molecule has 3 aromatic carbocycles. The number of nitro benzene ring substituents is 1. The maximum absolute atomic E-state index is 13.2. The smallest absolute Gasteiger partial charge is 0.269 e. The van der Waals surface area contributed by atoms with Gasteiger partial charge in [0.15, 0.2) is 0 Å². The predicted octanol–water partition coefficient (Wildman–Crippen LogP) is 6.49. The molecule has 5 rings (SSSR count). The van der Waals surface area contributed by atoms with Gasteiger partial charge < -0.3 is 5.32 Å². The molecular weight excluding hydrogens is 486 g/mol. The molecule has 3 atom stereocenters. The highest BCUT2D eigenvalue weighted by molar-refractivity contribution is 7.92. The summed E-state index contributed by atoms with van der Waals surface area (Å²) in [6, 6.07) is 14.9. The Morgan fingerprint density at radius 1 is 1.06 bits per heavy atom. The zero-order chi connectivity index (χ0) is 24.9. The van der Waals surface area contributed by atoms with Gasteiger partial charge in [0.25, 0.3) is 15.7 Å². The Balaban J connectivity index is 1.52. The maximum atomic E-state index is 13.2. The largest absolute Gasteiger partial charge is 0.378 e. The van der Waals surface area contributed by atoms with Gasteiger partial charge in [-0.05, 0) is 73.2 Å². The molecule has 2 N–H and O–H groups in total. The molecule has 2 aliphatic rings. The lowest BCUT2D eigenvalue weighted by Crippen LogP contribution is -2.29. The van der Waals surface area contributed by atoms with Crippen LogP contribution >= 0.6 is 11.6 Å². The first-order valence-electron chi connectivity index (χ1n) is 11.2. The Morgan fingerprint density at radius 3 is 2.63 bits per heavy atom. The van der Waals surface area contributed by atoms with Crippen molar-refractivity contribution in [2.75, 3.05) is 10.0 Å². The number of hydrogen-bond donors (Lipinski definition) is 2. The third-order valence-electron chi connectivity index (χ3n) is 6.81. The van der Waals surface area contributed by atoms with Crippen LogP contribution in [-0.2, 0) is 10.0 Å². The lowest BCUT2D eigenvalue weighted by Gasteiger charge is -2.38. The highest BCUT2D eigenvalue weighted by atomic mass is 35.5. The Bertz CT molecular complexity index is 1490. The van der Waals surface area contributed by atoms with Crippen molar-refractivity contribution in [3.63, 3.8) is 0 Å². The number of halogens is 1. The summed E-state index contributed by atoms with van der Waals surface area (Å²) in [5.74, 6) is 0.00868. The van der Waals surface area contributed by atoms with Gasteiger partial charge in [0.2, 0.25) is 0 Å². The molecule has 9 heteroatoms. The third kappa shape index (κ3) is 4.28. The SMILES string of the molecule is Cc1ccc(C)c(NS(=O)(=O)c2ccc3c(c2)[C@H]2C=CC[C@H]2[C@@H](c2cc([N+](=O)[O-])ccc2Cl)N3)c1. The van der Waals surface area contributed by atoms with E-state index >= 15 is 0 Å². The van der Waals surface area contributed by atoms with Crippen molar-refractivity contribution in [2.45, 2.75) is 37.1 Å². The van der Waals surface area contributed by atoms with Crippen molar-refractivity contribution < 1.29 is 13.3 Å². The monoisotopic (exact) mass is 509 g/mol. The summed E-state index contributed by atoms with van der Waals surface area (Å²) in [4.78, 5) is 11.1. The van der Waals surface area contributed by atoms with Gasteiger partial charge in [-0.2, -0.15) is 0 Å². The number of allylic oxidation sites excluding steroid dienone is 2. The molecule has 0 aromatic heterocycles. The molecule has 0 radical (unpaired) electrons. The van der Waals surface area contributed by atoms with E-state index in [4.69, 9.17) is 11.6 Å². The van der Waals surface area contributed by atoms with E-state index in [-0.39, 0.29) is 28.5 Å². The van der Waals surface area contributed by atoms with Crippen molar-refractivity contribution in [3.8, 4) is 0 Å². The van der Waals surface area contributed by atoms with Crippen LogP contribution in [0.3, 0.4) is 0 Å². The quantitative estimate of drug-likeness (QED) is 0.232. The summed E-state index contributed by atoms with van der Waals surface area (Å²) in [6.45, 7) is 3.78. The fourth-order valence-corrected chi connectivity index (χ4v) is 6.37. The summed E-state index contributed by atoms with van der Waals surface area (Å²) in [5.41, 5.74) is 4.68. The van der Waals surface area contributed by atoms with Gasteiger partial charge in [-0.3, -0.25) is 14.8 Å². The maximum Gasteiger partial charge on any atom is 0.269 e. The average molecular weight is 510 g/mol. The average Bonchev–Trinajstić information content (AvgIpc) is 3.31. The number of anilines is 2. The van der Waals surface area contributed by atoms with Crippen molar-refractivity contribution >= 4 is 38.7 Å². The number of nitro groups is 1. The molecule has 0 fully saturated rings. The van der Waals surface area contributed by atoms with Crippen molar-refractivity contribution in [1.29, 1.82) is 0 Å². The fourth-order valence-electron chi connectivity index (χ4n) is 4.98. The van der Waals surface area contributed by atoms with E-state index in [1.807, 2.05) is 32.0 Å². The van der Waals surface area contributed by atoms with Gasteiger partial charge in [-0.25, -0.2) is 8.42 Å². The van der Waals surface area contributed by atoms with Gasteiger partial charge in [0.05, 0.1) is 21.5 Å². The number of aryl methyl sites for hydroxylation is 2. The Hall–Kier alpha value is -3.36. The molecule has 180 valence electrons. The van der Waals surface area contributed by atoms with Crippen LogP contribution in [0.5, 0.6) is 0 Å². The molecule has 3 aromatic rings. The molecule has 0 amide bonds. The Kier molecular flexibility index (Phi) is 5.81. The normalized spacial score (nSPS) is 20.6. The lowest BCUT2D eigenvalue weighted by molar-refractivity contribution is -0.384. The molecule has 7 nitrogen and oxygen atoms in total. The first-order chi connectivity index (χ1) is 16.6. The molecule has 0 bridgehead atoms. The molecule has 0 saturated carbocycles. The summed E-state index contributed by atoms with van der Waals surface area (Å²) in [5, 5.41) is 15.3. The summed E-state index contributed by atoms with van der Waals surface area (Å²) in [6.07, 6.45) is 4.90. The van der Waals surface area contributed by atoms with Crippen LogP contribution in [0.4, 0.5) is 17.1 Å². The first kappa shape index (κ1) is 23.4. The molecule has 0 spiro atoms. The van der Waals surface area contributed by atoms with E-state index in [2.05, 4.69) is 22.2 Å². The van der Waals surface area contributed by atoms with E-state index in [1.165, 1.54) is 12.1 Å². The number of nitrogens with zero attached hydrogens (tertiary/aromatic N) is 1. The molecule has 1 heterocycles. The van der Waals surface area contributed by atoms with Crippen LogP contribution in [0.25, 0.3) is 0 Å². The van der Waals surface area contributed by atoms with Crippen LogP contribution in [0.2, 0.25) is 5.02 Å². The van der Waals surface area contributed by atoms with Crippen LogP contribution < -0.4 is 10.0 Å². The summed E-state index contributed by atoms with van der Waals surface area (Å²) in [7, 11) is -3.80. The van der Waals surface area contributed by atoms with E-state index in [1.54, 1.807) is 24.3 Å². The second kappa shape index (κ2) is 8.70. The molecule has 1 aliphatic heterocycles. The van der Waals surface area contributed by atoms with Gasteiger partial charge in [-0.1, -0.05) is 35.9 Å². The standard InChI is InChI=1S/C26H24ClN3O4S/c1-15-6-7-16(2)25(12-15)29-35(33,34)18-9-11-24-21(14-18)19-4-3-5-20(19)26(28-24)22-13-17(30(31)32)8-10-23(22)27/h3-4,6-14,19-20,26,28-29H,5H2,1-2H3/t19-,20+,26-/m0/s1. The molecule has 0 saturated heterocycles. The topological polar surface area (TPSA) is 101 Å². The number of non-ortho nitro benzene ring substituents is 1. The Morgan fingerprint density at radius 2 is 1.86 bits per heavy atom. The molecule has 1 aliphatic carbocycles. The second-order valence-corrected chi connectivity index (χ2v) is 11.2. The molecule has 0 unspecified atom stereocenters. The number of rotatable bonds is 5. The number of fused-ring (bicyclic) bond motifs is 3. The summed E-state index contributed by atoms with van der Waals surface area (Å²) < 4.78 is 29.2. The number of sulfonamides is 1. The van der Waals surface area contributed by atoms with Gasteiger partial charge in [0.1, 0.15) is 0 Å². The van der Waals surface area contributed by atoms with Crippen LogP contribution in [0, 0.1) is 29.9 Å². The van der Waals surface area contributed by atoms with Crippen molar-refractivity contribution in [2.24, 2.45) is 5.92 Å². The minimum atomic E-state index is -3.80. The van der Waals surface area contributed by atoms with Gasteiger partial charge >= 0.3 is 0 Å². The molecule has 35 heavy (non-hydrogen) atoms. The van der Waals surface area contributed by atoms with E-state index in [0.29, 0.717) is 16.3 Å². The van der Waals surface area contributed by atoms with Gasteiger partial charge in [-0.15, -0.1) is 0 Å². The predicted molar refractivity (Wildman–Crippen MR) is 138 cm³/mol. The number of benzene rings is 3. The third-order valence-corrected chi connectivity index (χ3v) is 8.51. The first-order valence-corrected chi connectivity index (χ1v) is 13.1. The van der Waals surface area contributed by atoms with E-state index < -0.39 is 14.9 Å². The van der Waals surface area contributed by atoms with E-state index in [9.17, 15) is 18.5 Å².